The minimum atomic E-state index is -0.244. The molecule has 3 rings (SSSR count). The SMILES string of the molecule is CCOC(=O)Cc1c(C)nc2ccc(OC)cc2c1-c1ccccc1. The van der Waals surface area contributed by atoms with Gasteiger partial charge in [0, 0.05) is 11.1 Å². The van der Waals surface area contributed by atoms with Gasteiger partial charge >= 0.3 is 5.97 Å². The molecule has 0 spiro atoms. The number of carbonyl (C=O) groups excluding carboxylic acids is 1. The molecule has 1 aromatic heterocycles. The number of esters is 1. The second-order valence-corrected chi connectivity index (χ2v) is 5.78. The van der Waals surface area contributed by atoms with E-state index in [-0.39, 0.29) is 12.4 Å². The van der Waals surface area contributed by atoms with Crippen molar-refractivity contribution in [1.29, 1.82) is 0 Å². The molecule has 1 heterocycles. The fourth-order valence-electron chi connectivity index (χ4n) is 3.04. The smallest absolute Gasteiger partial charge is 0.310 e. The number of rotatable bonds is 5. The highest BCUT2D eigenvalue weighted by atomic mass is 16.5. The van der Waals surface area contributed by atoms with Crippen LogP contribution in [0.1, 0.15) is 18.2 Å². The highest BCUT2D eigenvalue weighted by Gasteiger charge is 2.18. The van der Waals surface area contributed by atoms with Gasteiger partial charge in [0.2, 0.25) is 0 Å². The summed E-state index contributed by atoms with van der Waals surface area (Å²) in [5.74, 6) is 0.518. The molecule has 0 aliphatic carbocycles. The zero-order valence-corrected chi connectivity index (χ0v) is 14.7. The predicted octanol–water partition coefficient (Wildman–Crippen LogP) is 4.32. The minimum Gasteiger partial charge on any atom is -0.497 e. The molecule has 2 aromatic carbocycles. The van der Waals surface area contributed by atoms with E-state index in [1.54, 1.807) is 7.11 Å². The van der Waals surface area contributed by atoms with Crippen LogP contribution in [0.3, 0.4) is 0 Å². The lowest BCUT2D eigenvalue weighted by molar-refractivity contribution is -0.142. The maximum Gasteiger partial charge on any atom is 0.310 e. The maximum atomic E-state index is 12.1. The van der Waals surface area contributed by atoms with E-state index in [9.17, 15) is 4.79 Å². The molecule has 0 atom stereocenters. The molecule has 0 bridgehead atoms. The summed E-state index contributed by atoms with van der Waals surface area (Å²) in [6.45, 7) is 4.12. The number of fused-ring (bicyclic) bond motifs is 1. The fraction of sp³-hybridized carbons (Fsp3) is 0.238. The molecule has 4 nitrogen and oxygen atoms in total. The Balaban J connectivity index is 2.29. The van der Waals surface area contributed by atoms with Gasteiger partial charge in [0.05, 0.1) is 25.7 Å². The molecule has 3 aromatic rings. The lowest BCUT2D eigenvalue weighted by Gasteiger charge is -2.16. The van der Waals surface area contributed by atoms with Crippen molar-refractivity contribution < 1.29 is 14.3 Å². The summed E-state index contributed by atoms with van der Waals surface area (Å²) in [7, 11) is 1.64. The molecule has 25 heavy (non-hydrogen) atoms. The summed E-state index contributed by atoms with van der Waals surface area (Å²) >= 11 is 0. The number of hydrogen-bond acceptors (Lipinski definition) is 4. The quantitative estimate of drug-likeness (QED) is 0.651. The highest BCUT2D eigenvalue weighted by molar-refractivity contribution is 5.98. The van der Waals surface area contributed by atoms with Crippen molar-refractivity contribution in [1.82, 2.24) is 4.98 Å². The standard InChI is InChI=1S/C21H21NO3/c1-4-25-20(23)13-17-14(2)22-19-11-10-16(24-3)12-18(19)21(17)15-8-6-5-7-9-15/h5-12H,4,13H2,1-3H3. The predicted molar refractivity (Wildman–Crippen MR) is 98.8 cm³/mol. The van der Waals surface area contributed by atoms with E-state index in [0.29, 0.717) is 6.61 Å². The second-order valence-electron chi connectivity index (χ2n) is 5.78. The first-order valence-electron chi connectivity index (χ1n) is 8.32. The van der Waals surface area contributed by atoms with Crippen LogP contribution >= 0.6 is 0 Å². The lowest BCUT2D eigenvalue weighted by Crippen LogP contribution is -2.11. The number of benzene rings is 2. The van der Waals surface area contributed by atoms with Crippen LogP contribution in [0, 0.1) is 6.92 Å². The third kappa shape index (κ3) is 3.48. The number of hydrogen-bond donors (Lipinski definition) is 0. The summed E-state index contributed by atoms with van der Waals surface area (Å²) in [6, 6.07) is 15.9. The molecule has 0 aliphatic heterocycles. The molecule has 0 radical (unpaired) electrons. The fourth-order valence-corrected chi connectivity index (χ4v) is 3.04. The van der Waals surface area contributed by atoms with Crippen molar-refractivity contribution in [2.75, 3.05) is 13.7 Å². The number of aryl methyl sites for hydroxylation is 1. The molecule has 0 N–H and O–H groups in total. The molecule has 0 saturated heterocycles. The zero-order chi connectivity index (χ0) is 17.8. The first kappa shape index (κ1) is 17.0. The van der Waals surface area contributed by atoms with Crippen LogP contribution in [0.25, 0.3) is 22.0 Å². The Kier molecular flexibility index (Phi) is 4.98. The first-order valence-corrected chi connectivity index (χ1v) is 8.32. The maximum absolute atomic E-state index is 12.1. The Morgan fingerprint density at radius 3 is 2.56 bits per heavy atom. The Morgan fingerprint density at radius 2 is 1.88 bits per heavy atom. The number of pyridine rings is 1. The summed E-state index contributed by atoms with van der Waals surface area (Å²) in [4.78, 5) is 16.8. The molecule has 0 saturated carbocycles. The van der Waals surface area contributed by atoms with Crippen molar-refractivity contribution in [3.63, 3.8) is 0 Å². The van der Waals surface area contributed by atoms with Crippen LogP contribution < -0.4 is 4.74 Å². The van der Waals surface area contributed by atoms with Gasteiger partial charge in [0.25, 0.3) is 0 Å². The Bertz CT molecular complexity index is 904. The summed E-state index contributed by atoms with van der Waals surface area (Å²) < 4.78 is 10.5. The summed E-state index contributed by atoms with van der Waals surface area (Å²) in [6.07, 6.45) is 0.198. The number of ether oxygens (including phenoxy) is 2. The van der Waals surface area contributed by atoms with Gasteiger partial charge < -0.3 is 9.47 Å². The molecular formula is C21H21NO3. The van der Waals surface area contributed by atoms with Gasteiger partial charge in [-0.15, -0.1) is 0 Å². The number of carbonyl (C=O) groups is 1. The monoisotopic (exact) mass is 335 g/mol. The van der Waals surface area contributed by atoms with Gasteiger partial charge in [0.15, 0.2) is 0 Å². The summed E-state index contributed by atoms with van der Waals surface area (Å²) in [5, 5.41) is 0.968. The van der Waals surface area contributed by atoms with E-state index in [2.05, 4.69) is 4.98 Å². The zero-order valence-electron chi connectivity index (χ0n) is 14.7. The molecule has 0 amide bonds. The van der Waals surface area contributed by atoms with Crippen LogP contribution in [0.4, 0.5) is 0 Å². The average Bonchev–Trinajstić information content (AvgIpc) is 2.63. The first-order chi connectivity index (χ1) is 12.1. The van der Waals surface area contributed by atoms with Crippen LogP contribution in [-0.2, 0) is 16.0 Å². The Hall–Kier alpha value is -2.88. The average molecular weight is 335 g/mol. The second kappa shape index (κ2) is 7.34. The van der Waals surface area contributed by atoms with Crippen LogP contribution in [0.15, 0.2) is 48.5 Å². The lowest BCUT2D eigenvalue weighted by atomic mass is 9.92. The molecule has 128 valence electrons. The van der Waals surface area contributed by atoms with Crippen LogP contribution in [0.2, 0.25) is 0 Å². The van der Waals surface area contributed by atoms with Gasteiger partial charge in [-0.25, -0.2) is 0 Å². The van der Waals surface area contributed by atoms with Gasteiger partial charge in [0.1, 0.15) is 5.75 Å². The van der Waals surface area contributed by atoms with Crippen molar-refractivity contribution in [3.05, 3.63) is 59.8 Å². The summed E-state index contributed by atoms with van der Waals surface area (Å²) in [5.41, 5.74) is 4.67. The number of methoxy groups -OCH3 is 1. The van der Waals surface area contributed by atoms with Crippen molar-refractivity contribution in [2.45, 2.75) is 20.3 Å². The van der Waals surface area contributed by atoms with Crippen molar-refractivity contribution >= 4 is 16.9 Å². The Labute approximate surface area is 147 Å². The van der Waals surface area contributed by atoms with Crippen molar-refractivity contribution in [3.8, 4) is 16.9 Å². The normalized spacial score (nSPS) is 10.7. The van der Waals surface area contributed by atoms with Crippen molar-refractivity contribution in [2.24, 2.45) is 0 Å². The highest BCUT2D eigenvalue weighted by Crippen LogP contribution is 2.35. The van der Waals surface area contributed by atoms with Crippen LogP contribution in [-0.4, -0.2) is 24.7 Å². The van der Waals surface area contributed by atoms with Gasteiger partial charge in [-0.3, -0.25) is 9.78 Å². The number of aromatic nitrogens is 1. The van der Waals surface area contributed by atoms with E-state index in [1.807, 2.05) is 62.4 Å². The minimum absolute atomic E-state index is 0.198. The van der Waals surface area contributed by atoms with E-state index < -0.39 is 0 Å². The van der Waals surface area contributed by atoms with Gasteiger partial charge in [-0.1, -0.05) is 30.3 Å². The van der Waals surface area contributed by atoms with E-state index in [4.69, 9.17) is 9.47 Å². The molecule has 0 unspecified atom stereocenters. The molecule has 0 aliphatic rings. The topological polar surface area (TPSA) is 48.4 Å². The Morgan fingerprint density at radius 1 is 1.12 bits per heavy atom. The van der Waals surface area contributed by atoms with Gasteiger partial charge in [-0.2, -0.15) is 0 Å². The third-order valence-corrected chi connectivity index (χ3v) is 4.19. The third-order valence-electron chi connectivity index (χ3n) is 4.19. The van der Waals surface area contributed by atoms with Crippen LogP contribution in [0.5, 0.6) is 5.75 Å². The van der Waals surface area contributed by atoms with E-state index in [1.165, 1.54) is 0 Å². The molecular weight excluding hydrogens is 314 g/mol. The van der Waals surface area contributed by atoms with Gasteiger partial charge in [-0.05, 0) is 48.7 Å². The molecule has 0 fully saturated rings. The van der Waals surface area contributed by atoms with E-state index in [0.717, 1.165) is 39.0 Å². The number of nitrogens with zero attached hydrogens (tertiary/aromatic N) is 1. The van der Waals surface area contributed by atoms with E-state index >= 15 is 0 Å². The largest absolute Gasteiger partial charge is 0.497 e. The molecule has 4 heteroatoms.